The molecule has 2 heterocycles. The molecule has 0 spiro atoms. The molecule has 0 amide bonds. The Morgan fingerprint density at radius 1 is 1.41 bits per heavy atom. The largest absolute Gasteiger partial charge is 0.435 e. The molecule has 0 N–H and O–H groups in total. The molecule has 0 unspecified atom stereocenters. The Kier molecular flexibility index (Phi) is 3.97. The van der Waals surface area contributed by atoms with E-state index < -0.39 is 38.6 Å². The molecule has 11 heteroatoms. The second-order valence-corrected chi connectivity index (χ2v) is 7.86. The number of rotatable bonds is 2. The molecule has 0 radical (unpaired) electrons. The summed E-state index contributed by atoms with van der Waals surface area (Å²) in [4.78, 5) is 4.94. The topological polar surface area (TPSA) is 73.5 Å². The monoisotopic (exact) mass is 359 g/mol. The van der Waals surface area contributed by atoms with Gasteiger partial charge >= 0.3 is 6.18 Å². The summed E-state index contributed by atoms with van der Waals surface area (Å²) in [6, 6.07) is 0. The van der Waals surface area contributed by atoms with E-state index in [1.807, 2.05) is 0 Å². The van der Waals surface area contributed by atoms with E-state index in [0.717, 1.165) is 4.68 Å². The Hall–Kier alpha value is -1.29. The highest BCUT2D eigenvalue weighted by atomic mass is 35.5. The summed E-state index contributed by atoms with van der Waals surface area (Å²) >= 11 is 5.75. The van der Waals surface area contributed by atoms with Gasteiger partial charge in [-0.2, -0.15) is 18.3 Å². The van der Waals surface area contributed by atoms with Gasteiger partial charge in [0, 0.05) is 19.0 Å². The van der Waals surface area contributed by atoms with Gasteiger partial charge < -0.3 is 4.84 Å². The predicted molar refractivity (Wildman–Crippen MR) is 73.1 cm³/mol. The van der Waals surface area contributed by atoms with E-state index >= 15 is 0 Å². The average Bonchev–Trinajstić information content (AvgIpc) is 2.83. The third-order valence-corrected chi connectivity index (χ3v) is 5.08. The predicted octanol–water partition coefficient (Wildman–Crippen LogP) is 2.52. The van der Waals surface area contributed by atoms with Gasteiger partial charge in [0.05, 0.1) is 5.75 Å². The normalized spacial score (nSPS) is 18.2. The zero-order chi connectivity index (χ0) is 16.9. The number of nitrogens with zero attached hydrogens (tertiary/aromatic N) is 3. The summed E-state index contributed by atoms with van der Waals surface area (Å²) in [7, 11) is -2.89. The third-order valence-electron chi connectivity index (χ3n) is 3.00. The van der Waals surface area contributed by atoms with Crippen LogP contribution in [0.3, 0.4) is 0 Å². The zero-order valence-corrected chi connectivity index (χ0v) is 13.5. The first-order valence-electron chi connectivity index (χ1n) is 6.10. The highest BCUT2D eigenvalue weighted by Crippen LogP contribution is 2.36. The van der Waals surface area contributed by atoms with Crippen molar-refractivity contribution in [3.8, 4) is 0 Å². The van der Waals surface area contributed by atoms with Crippen LogP contribution < -0.4 is 0 Å². The molecule has 2 rings (SSSR count). The first-order valence-corrected chi connectivity index (χ1v) is 8.13. The molecule has 1 aromatic heterocycles. The minimum absolute atomic E-state index is 0.0193. The molecule has 0 atom stereocenters. The van der Waals surface area contributed by atoms with Crippen molar-refractivity contribution in [3.63, 3.8) is 0 Å². The second-order valence-electron chi connectivity index (χ2n) is 5.51. The van der Waals surface area contributed by atoms with Crippen molar-refractivity contribution in [2.45, 2.75) is 37.8 Å². The molecular formula is C11H13ClF3N3O3S. The van der Waals surface area contributed by atoms with Crippen molar-refractivity contribution in [1.82, 2.24) is 9.78 Å². The maximum absolute atomic E-state index is 12.9. The van der Waals surface area contributed by atoms with Gasteiger partial charge in [0.1, 0.15) is 10.8 Å². The van der Waals surface area contributed by atoms with Crippen LogP contribution in [0.1, 0.15) is 31.5 Å². The molecule has 6 nitrogen and oxygen atoms in total. The highest BCUT2D eigenvalue weighted by Gasteiger charge is 2.42. The molecular weight excluding hydrogens is 347 g/mol. The summed E-state index contributed by atoms with van der Waals surface area (Å²) < 4.78 is 64.1. The zero-order valence-electron chi connectivity index (χ0n) is 11.9. The maximum Gasteiger partial charge on any atom is 0.435 e. The molecule has 0 saturated carbocycles. The van der Waals surface area contributed by atoms with Gasteiger partial charge in [-0.25, -0.2) is 8.42 Å². The Balaban J connectivity index is 2.39. The first-order chi connectivity index (χ1) is 9.83. The van der Waals surface area contributed by atoms with Crippen LogP contribution in [0.5, 0.6) is 0 Å². The summed E-state index contributed by atoms with van der Waals surface area (Å²) in [6.07, 6.45) is -4.82. The number of sulfone groups is 1. The van der Waals surface area contributed by atoms with Crippen molar-refractivity contribution in [2.24, 2.45) is 12.2 Å². The summed E-state index contributed by atoms with van der Waals surface area (Å²) in [5, 5.41) is 6.03. The van der Waals surface area contributed by atoms with Gasteiger partial charge in [-0.15, -0.1) is 0 Å². The second kappa shape index (κ2) is 5.12. The smallest absolute Gasteiger partial charge is 0.389 e. The van der Waals surface area contributed by atoms with Gasteiger partial charge in [-0.3, -0.25) is 4.68 Å². The van der Waals surface area contributed by atoms with Crippen LogP contribution in [-0.2, 0) is 33.7 Å². The van der Waals surface area contributed by atoms with Crippen LogP contribution >= 0.6 is 11.6 Å². The number of oxime groups is 1. The molecule has 124 valence electrons. The van der Waals surface area contributed by atoms with Crippen LogP contribution in [0.2, 0.25) is 5.15 Å². The van der Waals surface area contributed by atoms with E-state index in [-0.39, 0.29) is 16.6 Å². The molecule has 1 aliphatic rings. The number of alkyl halides is 3. The van der Waals surface area contributed by atoms with E-state index in [1.54, 1.807) is 13.8 Å². The molecule has 0 aliphatic carbocycles. The Bertz CT molecular complexity index is 738. The Labute approximate surface area is 129 Å². The van der Waals surface area contributed by atoms with E-state index in [0.29, 0.717) is 0 Å². The number of hydrogen-bond acceptors (Lipinski definition) is 5. The SMILES string of the molecule is Cn1nc(C(F)(F)F)c(CS(=O)(=O)C2=NOC(C)(C)C2)c1Cl. The summed E-state index contributed by atoms with van der Waals surface area (Å²) in [5.74, 6) is -0.938. The fourth-order valence-corrected chi connectivity index (χ4v) is 3.76. The minimum Gasteiger partial charge on any atom is -0.389 e. The lowest BCUT2D eigenvalue weighted by Gasteiger charge is -2.13. The molecule has 22 heavy (non-hydrogen) atoms. The van der Waals surface area contributed by atoms with E-state index in [1.165, 1.54) is 7.05 Å². The van der Waals surface area contributed by atoms with Crippen molar-refractivity contribution >= 4 is 26.5 Å². The number of aryl methyl sites for hydroxylation is 1. The van der Waals surface area contributed by atoms with Gasteiger partial charge in [-0.05, 0) is 13.8 Å². The van der Waals surface area contributed by atoms with Gasteiger partial charge in [0.2, 0.25) is 0 Å². The number of aromatic nitrogens is 2. The fourth-order valence-electron chi connectivity index (χ4n) is 1.95. The fraction of sp³-hybridized carbons (Fsp3) is 0.636. The number of halogens is 4. The maximum atomic E-state index is 12.9. The lowest BCUT2D eigenvalue weighted by atomic mass is 10.1. The van der Waals surface area contributed by atoms with Crippen molar-refractivity contribution in [3.05, 3.63) is 16.4 Å². The minimum atomic E-state index is -4.80. The molecule has 0 fully saturated rings. The molecule has 1 aromatic rings. The first kappa shape index (κ1) is 17.1. The van der Waals surface area contributed by atoms with Gasteiger partial charge in [0.15, 0.2) is 20.6 Å². The van der Waals surface area contributed by atoms with Crippen molar-refractivity contribution in [1.29, 1.82) is 0 Å². The van der Waals surface area contributed by atoms with E-state index in [4.69, 9.17) is 16.4 Å². The van der Waals surface area contributed by atoms with Crippen molar-refractivity contribution in [2.75, 3.05) is 0 Å². The lowest BCUT2D eigenvalue weighted by molar-refractivity contribution is -0.141. The molecule has 0 bridgehead atoms. The van der Waals surface area contributed by atoms with Crippen molar-refractivity contribution < 1.29 is 26.4 Å². The van der Waals surface area contributed by atoms with Gasteiger partial charge in [0.25, 0.3) is 0 Å². The Morgan fingerprint density at radius 3 is 2.45 bits per heavy atom. The van der Waals surface area contributed by atoms with Gasteiger partial charge in [-0.1, -0.05) is 16.8 Å². The average molecular weight is 360 g/mol. The molecule has 1 aliphatic heterocycles. The molecule has 0 aromatic carbocycles. The quantitative estimate of drug-likeness (QED) is 0.813. The van der Waals surface area contributed by atoms with E-state index in [2.05, 4.69) is 10.3 Å². The van der Waals surface area contributed by atoms with Crippen LogP contribution in [-0.4, -0.2) is 28.8 Å². The van der Waals surface area contributed by atoms with E-state index in [9.17, 15) is 21.6 Å². The van der Waals surface area contributed by atoms with Crippen LogP contribution in [0.25, 0.3) is 0 Å². The highest BCUT2D eigenvalue weighted by molar-refractivity contribution is 8.05. The third kappa shape index (κ3) is 3.22. The Morgan fingerprint density at radius 2 is 2.00 bits per heavy atom. The van der Waals surface area contributed by atoms with Crippen LogP contribution in [0, 0.1) is 0 Å². The summed E-state index contributed by atoms with van der Waals surface area (Å²) in [5.41, 5.74) is -2.72. The van der Waals surface area contributed by atoms with Crippen LogP contribution in [0.15, 0.2) is 5.16 Å². The summed E-state index contributed by atoms with van der Waals surface area (Å²) in [6.45, 7) is 3.24. The standard InChI is InChI=1S/C11H13ClF3N3O3S/c1-10(2)4-7(17-21-10)22(19,20)5-6-8(11(13,14)15)16-18(3)9(6)12/h4-5H2,1-3H3. The molecule has 0 saturated heterocycles. The number of hydrogen-bond donors (Lipinski definition) is 0. The lowest BCUT2D eigenvalue weighted by Crippen LogP contribution is -2.24. The van der Waals surface area contributed by atoms with Crippen LogP contribution in [0.4, 0.5) is 13.2 Å².